The lowest BCUT2D eigenvalue weighted by molar-refractivity contribution is 0.231. The first-order valence-corrected chi connectivity index (χ1v) is 7.30. The van der Waals surface area contributed by atoms with Crippen molar-refractivity contribution >= 4 is 6.03 Å². The molecular weight excluding hydrogens is 276 g/mol. The Hall–Kier alpha value is -2.49. The Kier molecular flexibility index (Phi) is 5.04. The summed E-state index contributed by atoms with van der Waals surface area (Å²) in [7, 11) is 0. The van der Waals surface area contributed by atoms with Gasteiger partial charge in [0.1, 0.15) is 11.5 Å². The Morgan fingerprint density at radius 2 is 1.55 bits per heavy atom. The Morgan fingerprint density at radius 1 is 0.955 bits per heavy atom. The van der Waals surface area contributed by atoms with Gasteiger partial charge >= 0.3 is 6.03 Å². The Bertz CT molecular complexity index is 601. The summed E-state index contributed by atoms with van der Waals surface area (Å²) < 4.78 is 5.73. The number of nitrogens with one attached hydrogen (secondary N) is 2. The molecular formula is C18H22N2O2. The van der Waals surface area contributed by atoms with E-state index in [4.69, 9.17) is 4.74 Å². The number of para-hydroxylation sites is 1. The second kappa shape index (κ2) is 6.98. The van der Waals surface area contributed by atoms with Crippen molar-refractivity contribution in [1.82, 2.24) is 10.6 Å². The van der Waals surface area contributed by atoms with Crippen LogP contribution in [0.4, 0.5) is 4.79 Å². The summed E-state index contributed by atoms with van der Waals surface area (Å²) in [4.78, 5) is 11.7. The minimum Gasteiger partial charge on any atom is -0.457 e. The predicted octanol–water partition coefficient (Wildman–Crippen LogP) is 4.08. The molecule has 0 aliphatic rings. The highest BCUT2D eigenvalue weighted by Gasteiger charge is 2.12. The van der Waals surface area contributed by atoms with Crippen molar-refractivity contribution < 1.29 is 9.53 Å². The molecule has 2 aromatic carbocycles. The van der Waals surface area contributed by atoms with Crippen molar-refractivity contribution in [3.05, 3.63) is 60.2 Å². The Labute approximate surface area is 131 Å². The molecule has 4 nitrogen and oxygen atoms in total. The van der Waals surface area contributed by atoms with Gasteiger partial charge in [-0.1, -0.05) is 30.3 Å². The maximum Gasteiger partial charge on any atom is 0.315 e. The number of hydrogen-bond acceptors (Lipinski definition) is 2. The van der Waals surface area contributed by atoms with E-state index in [-0.39, 0.29) is 11.6 Å². The number of urea groups is 1. The zero-order valence-electron chi connectivity index (χ0n) is 13.2. The lowest BCUT2D eigenvalue weighted by Crippen LogP contribution is -2.46. The molecule has 0 atom stereocenters. The van der Waals surface area contributed by atoms with Crippen LogP contribution < -0.4 is 15.4 Å². The van der Waals surface area contributed by atoms with Crippen molar-refractivity contribution in [3.8, 4) is 11.5 Å². The largest absolute Gasteiger partial charge is 0.457 e. The van der Waals surface area contributed by atoms with E-state index in [9.17, 15) is 4.79 Å². The van der Waals surface area contributed by atoms with Crippen LogP contribution in [0.25, 0.3) is 0 Å². The van der Waals surface area contributed by atoms with Gasteiger partial charge in [-0.2, -0.15) is 0 Å². The fraction of sp³-hybridized carbons (Fsp3) is 0.278. The Balaban J connectivity index is 1.86. The fourth-order valence-electron chi connectivity index (χ4n) is 1.87. The number of benzene rings is 2. The van der Waals surface area contributed by atoms with E-state index in [1.54, 1.807) is 0 Å². The van der Waals surface area contributed by atoms with E-state index in [0.29, 0.717) is 6.54 Å². The minimum atomic E-state index is -0.239. The predicted molar refractivity (Wildman–Crippen MR) is 88.1 cm³/mol. The van der Waals surface area contributed by atoms with Crippen LogP contribution in [-0.4, -0.2) is 11.6 Å². The summed E-state index contributed by atoms with van der Waals surface area (Å²) >= 11 is 0. The first-order valence-electron chi connectivity index (χ1n) is 7.30. The molecule has 0 saturated carbocycles. The number of amides is 2. The van der Waals surface area contributed by atoms with Crippen molar-refractivity contribution in [1.29, 1.82) is 0 Å². The number of carbonyl (C=O) groups excluding carboxylic acids is 1. The van der Waals surface area contributed by atoms with Gasteiger partial charge < -0.3 is 15.4 Å². The van der Waals surface area contributed by atoms with Crippen LogP contribution in [-0.2, 0) is 6.54 Å². The average Bonchev–Trinajstić information content (AvgIpc) is 2.46. The molecule has 0 saturated heterocycles. The van der Waals surface area contributed by atoms with E-state index in [1.165, 1.54) is 0 Å². The van der Waals surface area contributed by atoms with Crippen LogP contribution in [0.2, 0.25) is 0 Å². The highest BCUT2D eigenvalue weighted by Crippen LogP contribution is 2.21. The molecule has 2 N–H and O–H groups in total. The molecule has 116 valence electrons. The quantitative estimate of drug-likeness (QED) is 0.893. The zero-order valence-corrected chi connectivity index (χ0v) is 13.2. The molecule has 4 heteroatoms. The average molecular weight is 298 g/mol. The van der Waals surface area contributed by atoms with E-state index >= 15 is 0 Å². The first-order chi connectivity index (χ1) is 10.4. The summed E-state index contributed by atoms with van der Waals surface area (Å²) in [5, 5.41) is 5.69. The van der Waals surface area contributed by atoms with Gasteiger partial charge in [-0.3, -0.25) is 0 Å². The third-order valence-electron chi connectivity index (χ3n) is 2.84. The van der Waals surface area contributed by atoms with E-state index < -0.39 is 0 Å². The van der Waals surface area contributed by atoms with Crippen LogP contribution >= 0.6 is 0 Å². The summed E-state index contributed by atoms with van der Waals surface area (Å²) in [6.45, 7) is 6.32. The zero-order chi connectivity index (χ0) is 16.0. The monoisotopic (exact) mass is 298 g/mol. The lowest BCUT2D eigenvalue weighted by atomic mass is 10.1. The number of rotatable bonds is 4. The van der Waals surface area contributed by atoms with Crippen LogP contribution in [0.3, 0.4) is 0 Å². The Morgan fingerprint density at radius 3 is 2.14 bits per heavy atom. The molecule has 0 bridgehead atoms. The van der Waals surface area contributed by atoms with Crippen LogP contribution in [0.15, 0.2) is 54.6 Å². The van der Waals surface area contributed by atoms with Crippen LogP contribution in [0, 0.1) is 0 Å². The lowest BCUT2D eigenvalue weighted by Gasteiger charge is -2.20. The normalized spacial score (nSPS) is 10.9. The molecule has 22 heavy (non-hydrogen) atoms. The molecule has 2 rings (SSSR count). The molecule has 0 unspecified atom stereocenters. The molecule has 0 aromatic heterocycles. The third-order valence-corrected chi connectivity index (χ3v) is 2.84. The van der Waals surface area contributed by atoms with Gasteiger partial charge in [0.05, 0.1) is 0 Å². The summed E-state index contributed by atoms with van der Waals surface area (Å²) in [6.07, 6.45) is 0. The van der Waals surface area contributed by atoms with Crippen molar-refractivity contribution in [2.24, 2.45) is 0 Å². The van der Waals surface area contributed by atoms with Gasteiger partial charge in [0.15, 0.2) is 0 Å². The van der Waals surface area contributed by atoms with Gasteiger partial charge in [-0.25, -0.2) is 4.79 Å². The smallest absolute Gasteiger partial charge is 0.315 e. The summed E-state index contributed by atoms with van der Waals surface area (Å²) in [6, 6.07) is 17.1. The van der Waals surface area contributed by atoms with Crippen LogP contribution in [0.5, 0.6) is 11.5 Å². The molecule has 2 amide bonds. The number of hydrogen-bond donors (Lipinski definition) is 2. The minimum absolute atomic E-state index is 0.169. The molecule has 0 spiro atoms. The van der Waals surface area contributed by atoms with E-state index in [0.717, 1.165) is 17.1 Å². The molecule has 0 radical (unpaired) electrons. The SMILES string of the molecule is CC(C)(C)NC(=O)NCc1ccc(Oc2ccccc2)cc1. The van der Waals surface area contributed by atoms with Crippen LogP contribution in [0.1, 0.15) is 26.3 Å². The molecule has 0 heterocycles. The molecule has 0 aliphatic heterocycles. The van der Waals surface area contributed by atoms with Crippen molar-refractivity contribution in [2.45, 2.75) is 32.9 Å². The van der Waals surface area contributed by atoms with Gasteiger partial charge in [0.25, 0.3) is 0 Å². The van der Waals surface area contributed by atoms with Crippen molar-refractivity contribution in [3.63, 3.8) is 0 Å². The van der Waals surface area contributed by atoms with Crippen molar-refractivity contribution in [2.75, 3.05) is 0 Å². The second-order valence-corrected chi connectivity index (χ2v) is 6.12. The molecule has 2 aromatic rings. The third kappa shape index (κ3) is 5.48. The molecule has 0 fully saturated rings. The topological polar surface area (TPSA) is 50.4 Å². The van der Waals surface area contributed by atoms with E-state index in [2.05, 4.69) is 10.6 Å². The van der Waals surface area contributed by atoms with Gasteiger partial charge in [0, 0.05) is 12.1 Å². The highest BCUT2D eigenvalue weighted by atomic mass is 16.5. The fourth-order valence-corrected chi connectivity index (χ4v) is 1.87. The van der Waals surface area contributed by atoms with Gasteiger partial charge in [0.2, 0.25) is 0 Å². The van der Waals surface area contributed by atoms with E-state index in [1.807, 2.05) is 75.4 Å². The molecule has 0 aliphatic carbocycles. The first kappa shape index (κ1) is 15.9. The summed E-state index contributed by atoms with van der Waals surface area (Å²) in [5.41, 5.74) is 0.779. The maximum atomic E-state index is 11.7. The van der Waals surface area contributed by atoms with Gasteiger partial charge in [-0.15, -0.1) is 0 Å². The second-order valence-electron chi connectivity index (χ2n) is 6.12. The number of carbonyl (C=O) groups is 1. The maximum absolute atomic E-state index is 11.7. The number of ether oxygens (including phenoxy) is 1. The highest BCUT2D eigenvalue weighted by molar-refractivity contribution is 5.74. The summed E-state index contributed by atoms with van der Waals surface area (Å²) in [5.74, 6) is 1.58. The standard InChI is InChI=1S/C18H22N2O2/c1-18(2,3)20-17(21)19-13-14-9-11-16(12-10-14)22-15-7-5-4-6-8-15/h4-12H,13H2,1-3H3,(H2,19,20,21). The van der Waals surface area contributed by atoms with Gasteiger partial charge in [-0.05, 0) is 50.6 Å².